The Morgan fingerprint density at radius 3 is 2.76 bits per heavy atom. The van der Waals surface area contributed by atoms with Crippen molar-refractivity contribution in [3.8, 4) is 0 Å². The van der Waals surface area contributed by atoms with Crippen molar-refractivity contribution in [2.24, 2.45) is 29.1 Å². The van der Waals surface area contributed by atoms with Crippen LogP contribution in [-0.4, -0.2) is 64.4 Å². The van der Waals surface area contributed by atoms with Crippen LogP contribution in [0.25, 0.3) is 0 Å². The number of hydrogen-bond acceptors (Lipinski definition) is 7. The van der Waals surface area contributed by atoms with Gasteiger partial charge in [-0.3, -0.25) is 19.3 Å². The van der Waals surface area contributed by atoms with E-state index in [9.17, 15) is 14.4 Å². The molecule has 3 heterocycles. The minimum atomic E-state index is -0.215. The molecule has 2 saturated carbocycles. The Kier molecular flexibility index (Phi) is 5.29. The number of hydrogen-bond donors (Lipinski definition) is 0. The van der Waals surface area contributed by atoms with Crippen molar-refractivity contribution in [3.05, 3.63) is 53.3 Å². The second-order valence-electron chi connectivity index (χ2n) is 11.9. The highest BCUT2D eigenvalue weighted by Crippen LogP contribution is 2.70. The van der Waals surface area contributed by atoms with E-state index in [0.29, 0.717) is 59.2 Å². The molecule has 3 amide bonds. The van der Waals surface area contributed by atoms with Crippen LogP contribution < -0.4 is 4.90 Å². The number of aromatic nitrogens is 2. The number of benzene rings is 1. The van der Waals surface area contributed by atoms with Crippen LogP contribution in [0.2, 0.25) is 0 Å². The molecule has 2 aliphatic heterocycles. The molecular weight excluding hydrogens is 482 g/mol. The van der Waals surface area contributed by atoms with Crippen molar-refractivity contribution in [1.29, 1.82) is 0 Å². The highest BCUT2D eigenvalue weighted by molar-refractivity contribution is 6.23. The van der Waals surface area contributed by atoms with Crippen molar-refractivity contribution >= 4 is 23.4 Å². The van der Waals surface area contributed by atoms with E-state index in [0.717, 1.165) is 31.5 Å². The van der Waals surface area contributed by atoms with Crippen LogP contribution in [0.15, 0.2) is 34.8 Å². The number of imide groups is 1. The summed E-state index contributed by atoms with van der Waals surface area (Å²) in [5.41, 5.74) is 2.19. The lowest BCUT2D eigenvalue weighted by atomic mass is 9.88. The SMILES string of the molecule is Cc1nnc(CN(C)C(=O)[C@@H]2CCCN(c3cccc4c3C(=O)N(C[C@H]3C[C@H]5C=C[C@H]3C53CC3)C4=O)C2)o1. The molecule has 38 heavy (non-hydrogen) atoms. The highest BCUT2D eigenvalue weighted by Gasteiger charge is 2.63. The first-order valence-electron chi connectivity index (χ1n) is 13.8. The van der Waals surface area contributed by atoms with Crippen molar-refractivity contribution in [3.63, 3.8) is 0 Å². The first kappa shape index (κ1) is 23.6. The van der Waals surface area contributed by atoms with E-state index in [-0.39, 0.29) is 30.2 Å². The summed E-state index contributed by atoms with van der Waals surface area (Å²) in [7, 11) is 1.75. The first-order chi connectivity index (χ1) is 18.4. The third-order valence-corrected chi connectivity index (χ3v) is 9.67. The zero-order chi connectivity index (χ0) is 26.2. The minimum absolute atomic E-state index is 0.0144. The topological polar surface area (TPSA) is 99.9 Å². The van der Waals surface area contributed by atoms with Crippen molar-refractivity contribution in [2.75, 3.05) is 31.6 Å². The predicted molar refractivity (Wildman–Crippen MR) is 138 cm³/mol. The zero-order valence-electron chi connectivity index (χ0n) is 21.9. The third-order valence-electron chi connectivity index (χ3n) is 9.67. The van der Waals surface area contributed by atoms with Gasteiger partial charge >= 0.3 is 0 Å². The summed E-state index contributed by atoms with van der Waals surface area (Å²) in [6, 6.07) is 5.55. The van der Waals surface area contributed by atoms with Crippen LogP contribution >= 0.6 is 0 Å². The molecule has 3 aliphatic carbocycles. The molecule has 9 nitrogen and oxygen atoms in total. The summed E-state index contributed by atoms with van der Waals surface area (Å²) in [4.78, 5) is 45.7. The lowest BCUT2D eigenvalue weighted by molar-refractivity contribution is -0.135. The fourth-order valence-electron chi connectivity index (χ4n) is 7.70. The van der Waals surface area contributed by atoms with Crippen LogP contribution in [0.4, 0.5) is 5.69 Å². The molecule has 0 N–H and O–H groups in total. The van der Waals surface area contributed by atoms with Gasteiger partial charge in [0.15, 0.2) is 0 Å². The molecule has 7 rings (SSSR count). The number of allylic oxidation sites excluding steroid dienone is 2. The summed E-state index contributed by atoms with van der Waals surface area (Å²) in [6.45, 7) is 3.73. The Bertz CT molecular complexity index is 1360. The smallest absolute Gasteiger partial charge is 0.263 e. The van der Waals surface area contributed by atoms with Gasteiger partial charge in [0.05, 0.1) is 29.3 Å². The van der Waals surface area contributed by atoms with E-state index in [1.54, 1.807) is 24.9 Å². The van der Waals surface area contributed by atoms with Crippen LogP contribution in [0, 0.1) is 36.0 Å². The summed E-state index contributed by atoms with van der Waals surface area (Å²) in [5, 5.41) is 7.84. The normalized spacial score (nSPS) is 28.5. The summed E-state index contributed by atoms with van der Waals surface area (Å²) < 4.78 is 5.44. The number of amides is 3. The molecule has 5 aliphatic rings. The van der Waals surface area contributed by atoms with Crippen molar-refractivity contribution < 1.29 is 18.8 Å². The number of carbonyl (C=O) groups excluding carboxylic acids is 3. The molecule has 1 aromatic carbocycles. The number of anilines is 1. The minimum Gasteiger partial charge on any atom is -0.424 e. The molecule has 3 fully saturated rings. The fraction of sp³-hybridized carbons (Fsp3) is 0.552. The van der Waals surface area contributed by atoms with E-state index in [2.05, 4.69) is 27.2 Å². The molecular formula is C29H33N5O4. The highest BCUT2D eigenvalue weighted by atomic mass is 16.4. The van der Waals surface area contributed by atoms with Gasteiger partial charge in [0.25, 0.3) is 11.8 Å². The lowest BCUT2D eigenvalue weighted by Crippen LogP contribution is -2.44. The van der Waals surface area contributed by atoms with Crippen LogP contribution in [0.1, 0.15) is 64.6 Å². The maximum atomic E-state index is 13.7. The van der Waals surface area contributed by atoms with Crippen molar-refractivity contribution in [1.82, 2.24) is 20.0 Å². The quantitative estimate of drug-likeness (QED) is 0.429. The number of aryl methyl sites for hydroxylation is 1. The Labute approximate surface area is 221 Å². The van der Waals surface area contributed by atoms with Gasteiger partial charge in [0.1, 0.15) is 0 Å². The molecule has 2 bridgehead atoms. The first-order valence-corrected chi connectivity index (χ1v) is 13.8. The number of piperidine rings is 1. The van der Waals surface area contributed by atoms with Gasteiger partial charge in [-0.2, -0.15) is 0 Å². The number of carbonyl (C=O) groups is 3. The van der Waals surface area contributed by atoms with Gasteiger partial charge in [0, 0.05) is 33.6 Å². The maximum Gasteiger partial charge on any atom is 0.263 e. The fourth-order valence-corrected chi connectivity index (χ4v) is 7.70. The number of rotatable bonds is 6. The van der Waals surface area contributed by atoms with Crippen LogP contribution in [0.3, 0.4) is 0 Å². The van der Waals surface area contributed by atoms with E-state index >= 15 is 0 Å². The second kappa shape index (κ2) is 8.51. The van der Waals surface area contributed by atoms with Gasteiger partial charge in [-0.25, -0.2) is 0 Å². The molecule has 0 unspecified atom stereocenters. The Balaban J connectivity index is 1.08. The van der Waals surface area contributed by atoms with Gasteiger partial charge in [-0.15, -0.1) is 10.2 Å². The summed E-state index contributed by atoms with van der Waals surface area (Å²) in [6.07, 6.45) is 9.94. The summed E-state index contributed by atoms with van der Waals surface area (Å²) in [5.74, 6) is 1.79. The van der Waals surface area contributed by atoms with Gasteiger partial charge < -0.3 is 14.2 Å². The van der Waals surface area contributed by atoms with E-state index in [4.69, 9.17) is 4.42 Å². The average molecular weight is 516 g/mol. The van der Waals surface area contributed by atoms with Crippen molar-refractivity contribution in [2.45, 2.75) is 45.6 Å². The van der Waals surface area contributed by atoms with Crippen LogP contribution in [0.5, 0.6) is 0 Å². The molecule has 0 radical (unpaired) electrons. The Hall–Kier alpha value is -3.49. The predicted octanol–water partition coefficient (Wildman–Crippen LogP) is 3.45. The lowest BCUT2D eigenvalue weighted by Gasteiger charge is -2.36. The molecule has 198 valence electrons. The molecule has 1 saturated heterocycles. The second-order valence-corrected chi connectivity index (χ2v) is 11.9. The maximum absolute atomic E-state index is 13.7. The third kappa shape index (κ3) is 3.54. The van der Waals surface area contributed by atoms with Gasteiger partial charge in [-0.1, -0.05) is 18.2 Å². The number of nitrogens with zero attached hydrogens (tertiary/aromatic N) is 5. The number of fused-ring (bicyclic) bond motifs is 1. The average Bonchev–Trinajstić information content (AvgIpc) is 3.31. The van der Waals surface area contributed by atoms with E-state index in [1.807, 2.05) is 12.1 Å². The standard InChI is InChI=1S/C29H33N5O4/c1-17-30-31-24(38-17)16-32(2)26(35)18-5-4-12-33(14-18)23-7-3-6-21-25(23)28(37)34(27(21)36)15-19-13-20-8-9-22(19)29(20)10-11-29/h3,6-9,18-20,22H,4-5,10-16H2,1-2H3/t18-,19-,20-,22-/m1/s1. The molecule has 9 heteroatoms. The van der Waals surface area contributed by atoms with Gasteiger partial charge in [-0.05, 0) is 67.4 Å². The van der Waals surface area contributed by atoms with Gasteiger partial charge in [0.2, 0.25) is 17.7 Å². The largest absolute Gasteiger partial charge is 0.424 e. The zero-order valence-corrected chi connectivity index (χ0v) is 21.9. The van der Waals surface area contributed by atoms with Crippen LogP contribution in [-0.2, 0) is 11.3 Å². The molecule has 1 spiro atoms. The molecule has 1 aromatic heterocycles. The summed E-state index contributed by atoms with van der Waals surface area (Å²) >= 11 is 0. The van der Waals surface area contributed by atoms with E-state index < -0.39 is 0 Å². The molecule has 4 atom stereocenters. The van der Waals surface area contributed by atoms with E-state index in [1.165, 1.54) is 17.7 Å². The Morgan fingerprint density at radius 1 is 1.18 bits per heavy atom. The molecule has 2 aromatic rings. The monoisotopic (exact) mass is 515 g/mol. The Morgan fingerprint density at radius 2 is 2.03 bits per heavy atom.